The third-order valence-electron chi connectivity index (χ3n) is 2.46. The lowest BCUT2D eigenvalue weighted by molar-refractivity contribution is 0.847. The third kappa shape index (κ3) is 1.92. The number of aromatic nitrogens is 4. The molecule has 0 bridgehead atoms. The fourth-order valence-electron chi connectivity index (χ4n) is 1.65. The molecule has 0 aliphatic carbocycles. The molecule has 2 heterocycles. The summed E-state index contributed by atoms with van der Waals surface area (Å²) in [5.74, 6) is 0.767. The van der Waals surface area contributed by atoms with Crippen LogP contribution in [-0.4, -0.2) is 19.7 Å². The number of benzene rings is 1. The van der Waals surface area contributed by atoms with Crippen LogP contribution in [0.3, 0.4) is 0 Å². The zero-order valence-corrected chi connectivity index (χ0v) is 9.06. The first-order chi connectivity index (χ1) is 8.43. The molecule has 0 saturated carbocycles. The zero-order chi connectivity index (χ0) is 11.5. The van der Waals surface area contributed by atoms with E-state index in [0.29, 0.717) is 0 Å². The Balaban J connectivity index is 2.06. The molecule has 4 nitrogen and oxygen atoms in total. The van der Waals surface area contributed by atoms with Crippen LogP contribution in [0.5, 0.6) is 0 Å². The molecule has 0 saturated heterocycles. The lowest BCUT2D eigenvalue weighted by Gasteiger charge is -2.03. The minimum absolute atomic E-state index is 0.767. The van der Waals surface area contributed by atoms with Crippen molar-refractivity contribution in [2.45, 2.75) is 0 Å². The standard InChI is InChI=1S/C13H10N4/c1-2-5-11(6-3-1)12-7-4-8-13(16-12)17-10-14-9-15-17/h1-10H. The highest BCUT2D eigenvalue weighted by atomic mass is 15.3. The number of nitrogens with zero attached hydrogens (tertiary/aromatic N) is 4. The van der Waals surface area contributed by atoms with Crippen molar-refractivity contribution in [3.05, 3.63) is 61.2 Å². The van der Waals surface area contributed by atoms with Crippen LogP contribution < -0.4 is 0 Å². The number of pyridine rings is 1. The Hall–Kier alpha value is -2.49. The Labute approximate surface area is 98.6 Å². The van der Waals surface area contributed by atoms with E-state index < -0.39 is 0 Å². The highest BCUT2D eigenvalue weighted by molar-refractivity contribution is 5.59. The highest BCUT2D eigenvalue weighted by Crippen LogP contribution is 2.17. The van der Waals surface area contributed by atoms with Crippen molar-refractivity contribution in [2.24, 2.45) is 0 Å². The molecule has 0 N–H and O–H groups in total. The van der Waals surface area contributed by atoms with Gasteiger partial charge < -0.3 is 0 Å². The molecule has 0 spiro atoms. The monoisotopic (exact) mass is 222 g/mol. The summed E-state index contributed by atoms with van der Waals surface area (Å²) in [5.41, 5.74) is 2.02. The van der Waals surface area contributed by atoms with Crippen LogP contribution in [0, 0.1) is 0 Å². The molecule has 2 aromatic heterocycles. The first kappa shape index (κ1) is 9.72. The number of hydrogen-bond donors (Lipinski definition) is 0. The maximum atomic E-state index is 4.55. The second kappa shape index (κ2) is 4.17. The summed E-state index contributed by atoms with van der Waals surface area (Å²) >= 11 is 0. The van der Waals surface area contributed by atoms with E-state index in [9.17, 15) is 0 Å². The summed E-state index contributed by atoms with van der Waals surface area (Å²) in [6.07, 6.45) is 3.13. The van der Waals surface area contributed by atoms with Gasteiger partial charge in [0, 0.05) is 5.56 Å². The Morgan fingerprint density at radius 1 is 0.882 bits per heavy atom. The Kier molecular flexibility index (Phi) is 2.38. The molecule has 0 aliphatic heterocycles. The van der Waals surface area contributed by atoms with Crippen molar-refractivity contribution in [1.82, 2.24) is 19.7 Å². The van der Waals surface area contributed by atoms with Crippen LogP contribution in [0.15, 0.2) is 61.2 Å². The quantitative estimate of drug-likeness (QED) is 0.668. The molecule has 82 valence electrons. The van der Waals surface area contributed by atoms with Crippen LogP contribution in [0.4, 0.5) is 0 Å². The van der Waals surface area contributed by atoms with Gasteiger partial charge in [-0.3, -0.25) is 0 Å². The first-order valence-corrected chi connectivity index (χ1v) is 5.31. The molecule has 0 radical (unpaired) electrons. The molecular formula is C13H10N4. The largest absolute Gasteiger partial charge is 0.229 e. The Morgan fingerprint density at radius 2 is 1.76 bits per heavy atom. The summed E-state index contributed by atoms with van der Waals surface area (Å²) < 4.78 is 1.65. The lowest BCUT2D eigenvalue weighted by Crippen LogP contribution is -1.98. The normalized spacial score (nSPS) is 10.4. The van der Waals surface area contributed by atoms with Gasteiger partial charge >= 0.3 is 0 Å². The van der Waals surface area contributed by atoms with Crippen LogP contribution in [0.25, 0.3) is 17.1 Å². The van der Waals surface area contributed by atoms with Crippen molar-refractivity contribution in [3.63, 3.8) is 0 Å². The van der Waals surface area contributed by atoms with Gasteiger partial charge in [0.05, 0.1) is 5.69 Å². The summed E-state index contributed by atoms with van der Waals surface area (Å²) in [7, 11) is 0. The number of rotatable bonds is 2. The molecule has 3 rings (SSSR count). The van der Waals surface area contributed by atoms with E-state index in [0.717, 1.165) is 17.1 Å². The smallest absolute Gasteiger partial charge is 0.155 e. The van der Waals surface area contributed by atoms with Crippen LogP contribution in [0.2, 0.25) is 0 Å². The average Bonchev–Trinajstić information content (AvgIpc) is 2.94. The lowest BCUT2D eigenvalue weighted by atomic mass is 10.1. The molecule has 1 aromatic carbocycles. The van der Waals surface area contributed by atoms with Crippen molar-refractivity contribution in [2.75, 3.05) is 0 Å². The fraction of sp³-hybridized carbons (Fsp3) is 0. The average molecular weight is 222 g/mol. The van der Waals surface area contributed by atoms with Crippen molar-refractivity contribution in [1.29, 1.82) is 0 Å². The van der Waals surface area contributed by atoms with Gasteiger partial charge in [-0.05, 0) is 12.1 Å². The maximum absolute atomic E-state index is 4.55. The number of hydrogen-bond acceptors (Lipinski definition) is 3. The molecule has 4 heteroatoms. The molecule has 17 heavy (non-hydrogen) atoms. The van der Waals surface area contributed by atoms with Gasteiger partial charge in [0.25, 0.3) is 0 Å². The zero-order valence-electron chi connectivity index (χ0n) is 9.06. The van der Waals surface area contributed by atoms with Crippen molar-refractivity contribution in [3.8, 4) is 17.1 Å². The SMILES string of the molecule is c1ccc(-c2cccc(-n3cncn3)n2)cc1. The van der Waals surface area contributed by atoms with Crippen molar-refractivity contribution < 1.29 is 0 Å². The summed E-state index contributed by atoms with van der Waals surface area (Å²) in [5, 5.41) is 4.06. The summed E-state index contributed by atoms with van der Waals surface area (Å²) in [6, 6.07) is 15.9. The van der Waals surface area contributed by atoms with Gasteiger partial charge in [-0.15, -0.1) is 0 Å². The van der Waals surface area contributed by atoms with E-state index in [1.165, 1.54) is 6.33 Å². The van der Waals surface area contributed by atoms with E-state index >= 15 is 0 Å². The van der Waals surface area contributed by atoms with E-state index in [1.54, 1.807) is 11.0 Å². The second-order valence-corrected chi connectivity index (χ2v) is 3.59. The molecule has 0 amide bonds. The molecule has 0 aliphatic rings. The minimum atomic E-state index is 0.767. The van der Waals surface area contributed by atoms with Gasteiger partial charge in [-0.25, -0.2) is 14.6 Å². The topological polar surface area (TPSA) is 43.6 Å². The molecule has 0 unspecified atom stereocenters. The van der Waals surface area contributed by atoms with Gasteiger partial charge in [0.1, 0.15) is 12.7 Å². The van der Waals surface area contributed by atoms with Gasteiger partial charge in [0.2, 0.25) is 0 Å². The van der Waals surface area contributed by atoms with E-state index in [1.807, 2.05) is 48.5 Å². The van der Waals surface area contributed by atoms with Crippen LogP contribution in [-0.2, 0) is 0 Å². The predicted molar refractivity (Wildman–Crippen MR) is 64.6 cm³/mol. The fourth-order valence-corrected chi connectivity index (χ4v) is 1.65. The van der Waals surface area contributed by atoms with Gasteiger partial charge in [-0.2, -0.15) is 5.10 Å². The Morgan fingerprint density at radius 3 is 2.53 bits per heavy atom. The third-order valence-corrected chi connectivity index (χ3v) is 2.46. The van der Waals surface area contributed by atoms with Crippen molar-refractivity contribution >= 4 is 0 Å². The minimum Gasteiger partial charge on any atom is -0.229 e. The van der Waals surface area contributed by atoms with E-state index in [-0.39, 0.29) is 0 Å². The maximum Gasteiger partial charge on any atom is 0.155 e. The molecule has 0 fully saturated rings. The van der Waals surface area contributed by atoms with Crippen LogP contribution >= 0.6 is 0 Å². The predicted octanol–water partition coefficient (Wildman–Crippen LogP) is 2.33. The van der Waals surface area contributed by atoms with E-state index in [4.69, 9.17) is 0 Å². The van der Waals surface area contributed by atoms with E-state index in [2.05, 4.69) is 15.1 Å². The second-order valence-electron chi connectivity index (χ2n) is 3.59. The molecule has 3 aromatic rings. The Bertz CT molecular complexity index is 602. The highest BCUT2D eigenvalue weighted by Gasteiger charge is 2.02. The molecule has 0 atom stereocenters. The molecular weight excluding hydrogens is 212 g/mol. The van der Waals surface area contributed by atoms with Gasteiger partial charge in [0.15, 0.2) is 5.82 Å². The first-order valence-electron chi connectivity index (χ1n) is 5.31. The van der Waals surface area contributed by atoms with Gasteiger partial charge in [-0.1, -0.05) is 36.4 Å². The van der Waals surface area contributed by atoms with Crippen LogP contribution in [0.1, 0.15) is 0 Å². The summed E-state index contributed by atoms with van der Waals surface area (Å²) in [6.45, 7) is 0. The summed E-state index contributed by atoms with van der Waals surface area (Å²) in [4.78, 5) is 8.46.